The smallest absolute Gasteiger partial charge is 0.124 e. The second-order valence-corrected chi connectivity index (χ2v) is 5.20. The lowest BCUT2D eigenvalue weighted by atomic mass is 10.1. The largest absolute Gasteiger partial charge is 0.491 e. The molecule has 4 heteroatoms. The second-order valence-electron chi connectivity index (χ2n) is 5.20. The van der Waals surface area contributed by atoms with Crippen LogP contribution < -0.4 is 10.1 Å². The minimum Gasteiger partial charge on any atom is -0.491 e. The molecule has 0 aliphatic rings. The molecule has 0 saturated heterocycles. The lowest BCUT2D eigenvalue weighted by molar-refractivity contribution is 0.145. The summed E-state index contributed by atoms with van der Waals surface area (Å²) in [5.41, 5.74) is 0.803. The lowest BCUT2D eigenvalue weighted by Gasteiger charge is -2.21. The van der Waals surface area contributed by atoms with E-state index in [0.717, 1.165) is 5.56 Å². The summed E-state index contributed by atoms with van der Waals surface area (Å²) in [6, 6.07) is 4.56. The standard InChI is InChI=1S/C14H22FNO2/c1-14(2,3)16-10-11-9-12(15)5-6-13(11)18-8-7-17-4/h5-6,9,16H,7-8,10H2,1-4H3. The summed E-state index contributed by atoms with van der Waals surface area (Å²) in [4.78, 5) is 0. The quantitative estimate of drug-likeness (QED) is 0.793. The monoisotopic (exact) mass is 255 g/mol. The number of rotatable bonds is 6. The third-order valence-electron chi connectivity index (χ3n) is 2.38. The Balaban J connectivity index is 2.70. The molecule has 0 aliphatic heterocycles. The van der Waals surface area contributed by atoms with E-state index in [4.69, 9.17) is 9.47 Å². The number of methoxy groups -OCH3 is 1. The SMILES string of the molecule is COCCOc1ccc(F)cc1CNC(C)(C)C. The fourth-order valence-corrected chi connectivity index (χ4v) is 1.42. The highest BCUT2D eigenvalue weighted by atomic mass is 19.1. The number of nitrogens with one attached hydrogen (secondary N) is 1. The molecule has 1 N–H and O–H groups in total. The van der Waals surface area contributed by atoms with Gasteiger partial charge in [-0.1, -0.05) is 0 Å². The van der Waals surface area contributed by atoms with Crippen molar-refractivity contribution in [1.29, 1.82) is 0 Å². The van der Waals surface area contributed by atoms with Crippen molar-refractivity contribution in [3.05, 3.63) is 29.6 Å². The molecule has 0 atom stereocenters. The van der Waals surface area contributed by atoms with Crippen LogP contribution in [0.4, 0.5) is 4.39 Å². The van der Waals surface area contributed by atoms with Gasteiger partial charge in [0.1, 0.15) is 18.2 Å². The maximum absolute atomic E-state index is 13.2. The third kappa shape index (κ3) is 5.47. The Hall–Kier alpha value is -1.13. The van der Waals surface area contributed by atoms with E-state index in [9.17, 15) is 4.39 Å². The van der Waals surface area contributed by atoms with Gasteiger partial charge in [0, 0.05) is 24.8 Å². The number of halogens is 1. The average molecular weight is 255 g/mol. The summed E-state index contributed by atoms with van der Waals surface area (Å²) >= 11 is 0. The second kappa shape index (κ2) is 6.71. The van der Waals surface area contributed by atoms with E-state index in [1.54, 1.807) is 13.2 Å². The molecule has 0 amide bonds. The van der Waals surface area contributed by atoms with Gasteiger partial charge in [0.15, 0.2) is 0 Å². The molecule has 0 aromatic heterocycles. The van der Waals surface area contributed by atoms with Crippen molar-refractivity contribution < 1.29 is 13.9 Å². The lowest BCUT2D eigenvalue weighted by Crippen LogP contribution is -2.35. The van der Waals surface area contributed by atoms with Crippen LogP contribution in [0.3, 0.4) is 0 Å². The molecule has 102 valence electrons. The van der Waals surface area contributed by atoms with Crippen molar-refractivity contribution in [2.45, 2.75) is 32.9 Å². The topological polar surface area (TPSA) is 30.5 Å². The molecule has 0 saturated carbocycles. The van der Waals surface area contributed by atoms with Crippen LogP contribution in [0.2, 0.25) is 0 Å². The van der Waals surface area contributed by atoms with Gasteiger partial charge in [-0.05, 0) is 39.0 Å². The Kier molecular flexibility index (Phi) is 5.56. The van der Waals surface area contributed by atoms with Crippen molar-refractivity contribution in [2.75, 3.05) is 20.3 Å². The Morgan fingerprint density at radius 1 is 1.22 bits per heavy atom. The van der Waals surface area contributed by atoms with Gasteiger partial charge in [0.05, 0.1) is 6.61 Å². The van der Waals surface area contributed by atoms with Crippen LogP contribution in [-0.4, -0.2) is 25.9 Å². The minimum atomic E-state index is -0.250. The summed E-state index contributed by atoms with van der Waals surface area (Å²) in [5, 5.41) is 3.32. The van der Waals surface area contributed by atoms with E-state index in [-0.39, 0.29) is 11.4 Å². The van der Waals surface area contributed by atoms with Gasteiger partial charge in [-0.15, -0.1) is 0 Å². The van der Waals surface area contributed by atoms with E-state index in [0.29, 0.717) is 25.5 Å². The van der Waals surface area contributed by atoms with E-state index in [2.05, 4.69) is 26.1 Å². The first-order chi connectivity index (χ1) is 8.42. The zero-order valence-corrected chi connectivity index (χ0v) is 11.5. The van der Waals surface area contributed by atoms with Crippen LogP contribution in [0, 0.1) is 5.82 Å². The molecule has 1 rings (SSSR count). The first-order valence-electron chi connectivity index (χ1n) is 6.07. The van der Waals surface area contributed by atoms with Crippen molar-refractivity contribution in [3.8, 4) is 5.75 Å². The summed E-state index contributed by atoms with van der Waals surface area (Å²) < 4.78 is 23.7. The molecule has 0 fully saturated rings. The maximum atomic E-state index is 13.2. The van der Waals surface area contributed by atoms with Crippen LogP contribution in [0.15, 0.2) is 18.2 Å². The van der Waals surface area contributed by atoms with E-state index < -0.39 is 0 Å². The van der Waals surface area contributed by atoms with Crippen LogP contribution in [0.5, 0.6) is 5.75 Å². The fraction of sp³-hybridized carbons (Fsp3) is 0.571. The van der Waals surface area contributed by atoms with Gasteiger partial charge in [0.2, 0.25) is 0 Å². The minimum absolute atomic E-state index is 0.0177. The van der Waals surface area contributed by atoms with Crippen molar-refractivity contribution >= 4 is 0 Å². The van der Waals surface area contributed by atoms with E-state index in [1.165, 1.54) is 12.1 Å². The predicted molar refractivity (Wildman–Crippen MR) is 70.4 cm³/mol. The number of hydrogen-bond donors (Lipinski definition) is 1. The van der Waals surface area contributed by atoms with Crippen LogP contribution in [-0.2, 0) is 11.3 Å². The Bertz CT molecular complexity index is 375. The van der Waals surface area contributed by atoms with Gasteiger partial charge in [0.25, 0.3) is 0 Å². The molecule has 0 unspecified atom stereocenters. The zero-order chi connectivity index (χ0) is 13.6. The highest BCUT2D eigenvalue weighted by molar-refractivity contribution is 5.34. The number of ether oxygens (including phenoxy) is 2. The van der Waals surface area contributed by atoms with Gasteiger partial charge in [-0.2, -0.15) is 0 Å². The molecule has 1 aromatic carbocycles. The number of benzene rings is 1. The molecule has 0 radical (unpaired) electrons. The van der Waals surface area contributed by atoms with Crippen LogP contribution in [0.1, 0.15) is 26.3 Å². The Morgan fingerprint density at radius 2 is 1.94 bits per heavy atom. The Morgan fingerprint density at radius 3 is 2.56 bits per heavy atom. The van der Waals surface area contributed by atoms with Crippen molar-refractivity contribution in [2.24, 2.45) is 0 Å². The Labute approximate surface area is 108 Å². The fourth-order valence-electron chi connectivity index (χ4n) is 1.42. The van der Waals surface area contributed by atoms with E-state index >= 15 is 0 Å². The molecule has 0 aliphatic carbocycles. The zero-order valence-electron chi connectivity index (χ0n) is 11.5. The molecular weight excluding hydrogens is 233 g/mol. The highest BCUT2D eigenvalue weighted by Crippen LogP contribution is 2.20. The summed E-state index contributed by atoms with van der Waals surface area (Å²) in [7, 11) is 1.62. The van der Waals surface area contributed by atoms with Gasteiger partial charge < -0.3 is 14.8 Å². The van der Waals surface area contributed by atoms with Crippen molar-refractivity contribution in [1.82, 2.24) is 5.32 Å². The summed E-state index contributed by atoms with van der Waals surface area (Å²) in [6.07, 6.45) is 0. The molecular formula is C14H22FNO2. The number of hydrogen-bond acceptors (Lipinski definition) is 3. The van der Waals surface area contributed by atoms with Gasteiger partial charge in [-0.3, -0.25) is 0 Å². The normalized spacial score (nSPS) is 11.6. The first-order valence-corrected chi connectivity index (χ1v) is 6.07. The third-order valence-corrected chi connectivity index (χ3v) is 2.38. The summed E-state index contributed by atoms with van der Waals surface area (Å²) in [6.45, 7) is 7.75. The van der Waals surface area contributed by atoms with Crippen LogP contribution in [0.25, 0.3) is 0 Å². The van der Waals surface area contributed by atoms with Gasteiger partial charge in [-0.25, -0.2) is 4.39 Å². The predicted octanol–water partition coefficient (Wildman–Crippen LogP) is 2.74. The molecule has 0 spiro atoms. The molecule has 18 heavy (non-hydrogen) atoms. The molecule has 1 aromatic rings. The maximum Gasteiger partial charge on any atom is 0.124 e. The van der Waals surface area contributed by atoms with Crippen molar-refractivity contribution in [3.63, 3.8) is 0 Å². The summed E-state index contributed by atoms with van der Waals surface area (Å²) in [5.74, 6) is 0.449. The molecule has 0 heterocycles. The molecule has 0 bridgehead atoms. The highest BCUT2D eigenvalue weighted by Gasteiger charge is 2.11. The van der Waals surface area contributed by atoms with E-state index in [1.807, 2.05) is 0 Å². The molecule has 3 nitrogen and oxygen atoms in total. The van der Waals surface area contributed by atoms with Crippen LogP contribution >= 0.6 is 0 Å². The average Bonchev–Trinajstić information content (AvgIpc) is 2.28. The first kappa shape index (κ1) is 14.9. The van der Waals surface area contributed by atoms with Gasteiger partial charge >= 0.3 is 0 Å².